The molecule has 0 spiro atoms. The first kappa shape index (κ1) is 28.8. The molecule has 1 aromatic heterocycles. The van der Waals surface area contributed by atoms with E-state index in [-0.39, 0.29) is 6.61 Å². The zero-order chi connectivity index (χ0) is 30.1. The SMILES string of the molecule is CCOC(=O)/C=C/[C@@H]1[C@@H](c2cn(C(=O)OC(C)(C)C)c3ccccc23)N(c2ccccc2)C(=O)[C@]1(O)c1ccccc1. The van der Waals surface area contributed by atoms with Gasteiger partial charge in [-0.1, -0.05) is 72.8 Å². The van der Waals surface area contributed by atoms with E-state index in [9.17, 15) is 19.5 Å². The number of nitrogens with zero attached hydrogens (tertiary/aromatic N) is 2. The number of anilines is 1. The molecule has 1 N–H and O–H groups in total. The van der Waals surface area contributed by atoms with Crippen LogP contribution in [0.25, 0.3) is 10.9 Å². The maximum atomic E-state index is 14.5. The molecule has 3 atom stereocenters. The molecule has 1 aliphatic heterocycles. The molecule has 216 valence electrons. The third kappa shape index (κ3) is 5.21. The van der Waals surface area contributed by atoms with Crippen molar-refractivity contribution in [2.75, 3.05) is 11.5 Å². The summed E-state index contributed by atoms with van der Waals surface area (Å²) in [6.07, 6.45) is 3.88. The van der Waals surface area contributed by atoms with Crippen molar-refractivity contribution >= 4 is 34.6 Å². The van der Waals surface area contributed by atoms with Gasteiger partial charge in [0.1, 0.15) is 5.60 Å². The van der Waals surface area contributed by atoms with Crippen LogP contribution < -0.4 is 4.90 Å². The molecule has 0 radical (unpaired) electrons. The summed E-state index contributed by atoms with van der Waals surface area (Å²) in [4.78, 5) is 41.9. The molecule has 0 unspecified atom stereocenters. The van der Waals surface area contributed by atoms with Crippen LogP contribution in [-0.4, -0.2) is 39.9 Å². The summed E-state index contributed by atoms with van der Waals surface area (Å²) < 4.78 is 12.3. The lowest BCUT2D eigenvalue weighted by molar-refractivity contribution is -0.138. The van der Waals surface area contributed by atoms with Crippen molar-refractivity contribution in [2.24, 2.45) is 5.92 Å². The summed E-state index contributed by atoms with van der Waals surface area (Å²) >= 11 is 0. The molecule has 0 aliphatic carbocycles. The third-order valence-electron chi connectivity index (χ3n) is 7.27. The summed E-state index contributed by atoms with van der Waals surface area (Å²) in [6.45, 7) is 7.26. The fraction of sp³-hybridized carbons (Fsp3) is 0.265. The minimum atomic E-state index is -2.04. The number of para-hydroxylation sites is 2. The molecule has 5 rings (SSSR count). The number of rotatable bonds is 6. The molecule has 0 saturated carbocycles. The highest BCUT2D eigenvalue weighted by Gasteiger charge is 2.60. The maximum Gasteiger partial charge on any atom is 0.419 e. The fourth-order valence-corrected chi connectivity index (χ4v) is 5.57. The molecular weight excluding hydrogens is 532 g/mol. The number of carbonyl (C=O) groups excluding carboxylic acids is 3. The van der Waals surface area contributed by atoms with Crippen LogP contribution in [0.15, 0.2) is 103 Å². The van der Waals surface area contributed by atoms with Crippen LogP contribution in [-0.2, 0) is 24.7 Å². The van der Waals surface area contributed by atoms with Crippen molar-refractivity contribution < 1.29 is 29.0 Å². The number of aliphatic hydroxyl groups is 1. The van der Waals surface area contributed by atoms with E-state index in [1.165, 1.54) is 16.7 Å². The van der Waals surface area contributed by atoms with Crippen LogP contribution in [0.2, 0.25) is 0 Å². The van der Waals surface area contributed by atoms with E-state index in [4.69, 9.17) is 9.47 Å². The van der Waals surface area contributed by atoms with Gasteiger partial charge in [-0.3, -0.25) is 9.36 Å². The predicted octanol–water partition coefficient (Wildman–Crippen LogP) is 6.14. The molecule has 1 fully saturated rings. The Morgan fingerprint density at radius 3 is 2.21 bits per heavy atom. The van der Waals surface area contributed by atoms with Gasteiger partial charge in [0.25, 0.3) is 5.91 Å². The monoisotopic (exact) mass is 566 g/mol. The zero-order valence-corrected chi connectivity index (χ0v) is 24.1. The topological polar surface area (TPSA) is 98.1 Å². The number of ether oxygens (including phenoxy) is 2. The van der Waals surface area contributed by atoms with Gasteiger partial charge in [0.05, 0.1) is 18.2 Å². The van der Waals surface area contributed by atoms with Crippen molar-refractivity contribution in [2.45, 2.75) is 44.9 Å². The van der Waals surface area contributed by atoms with Gasteiger partial charge in [0.2, 0.25) is 0 Å². The van der Waals surface area contributed by atoms with Crippen LogP contribution in [0.3, 0.4) is 0 Å². The van der Waals surface area contributed by atoms with Crippen LogP contribution >= 0.6 is 0 Å². The Bertz CT molecular complexity index is 1640. The molecule has 8 heteroatoms. The van der Waals surface area contributed by atoms with Gasteiger partial charge >= 0.3 is 12.1 Å². The Morgan fingerprint density at radius 1 is 0.952 bits per heavy atom. The first-order valence-corrected chi connectivity index (χ1v) is 13.9. The number of aromatic nitrogens is 1. The first-order valence-electron chi connectivity index (χ1n) is 13.9. The van der Waals surface area contributed by atoms with E-state index in [2.05, 4.69) is 0 Å². The van der Waals surface area contributed by atoms with Crippen LogP contribution in [0, 0.1) is 5.92 Å². The quantitative estimate of drug-likeness (QED) is 0.223. The predicted molar refractivity (Wildman–Crippen MR) is 160 cm³/mol. The molecule has 0 bridgehead atoms. The lowest BCUT2D eigenvalue weighted by atomic mass is 9.78. The van der Waals surface area contributed by atoms with Crippen molar-refractivity contribution in [3.63, 3.8) is 0 Å². The fourth-order valence-electron chi connectivity index (χ4n) is 5.57. The van der Waals surface area contributed by atoms with Gasteiger partial charge in [-0.05, 0) is 51.5 Å². The molecular formula is C34H34N2O6. The van der Waals surface area contributed by atoms with Crippen molar-refractivity contribution in [1.82, 2.24) is 4.57 Å². The number of esters is 1. The highest BCUT2D eigenvalue weighted by atomic mass is 16.6. The minimum absolute atomic E-state index is 0.179. The van der Waals surface area contributed by atoms with Gasteiger partial charge in [-0.2, -0.15) is 0 Å². The lowest BCUT2D eigenvalue weighted by Crippen LogP contribution is -2.40. The molecule has 1 aliphatic rings. The van der Waals surface area contributed by atoms with Crippen molar-refractivity contribution in [3.8, 4) is 0 Å². The second-order valence-electron chi connectivity index (χ2n) is 11.2. The maximum absolute atomic E-state index is 14.5. The number of carbonyl (C=O) groups is 3. The molecule has 8 nitrogen and oxygen atoms in total. The Kier molecular flexibility index (Phi) is 7.75. The highest BCUT2D eigenvalue weighted by Crippen LogP contribution is 2.53. The molecule has 2 heterocycles. The molecule has 3 aromatic carbocycles. The van der Waals surface area contributed by atoms with E-state index in [1.807, 2.05) is 36.4 Å². The second-order valence-corrected chi connectivity index (χ2v) is 11.2. The number of fused-ring (bicyclic) bond motifs is 1. The Balaban J connectivity index is 1.79. The van der Waals surface area contributed by atoms with E-state index < -0.39 is 41.1 Å². The Morgan fingerprint density at radius 2 is 1.57 bits per heavy atom. The molecule has 42 heavy (non-hydrogen) atoms. The Hall–Kier alpha value is -4.69. The largest absolute Gasteiger partial charge is 0.463 e. The van der Waals surface area contributed by atoms with Crippen LogP contribution in [0.1, 0.15) is 44.9 Å². The number of hydrogen-bond donors (Lipinski definition) is 1. The average molecular weight is 567 g/mol. The summed E-state index contributed by atoms with van der Waals surface area (Å²) in [5, 5.41) is 13.1. The average Bonchev–Trinajstić information content (AvgIpc) is 3.45. The van der Waals surface area contributed by atoms with E-state index in [1.54, 1.807) is 87.3 Å². The van der Waals surface area contributed by atoms with Gasteiger partial charge in [0.15, 0.2) is 5.60 Å². The van der Waals surface area contributed by atoms with Gasteiger partial charge < -0.3 is 19.5 Å². The number of hydrogen-bond acceptors (Lipinski definition) is 6. The van der Waals surface area contributed by atoms with Crippen LogP contribution in [0.5, 0.6) is 0 Å². The standard InChI is InChI=1S/C34H34N2O6/c1-5-41-29(37)21-20-27-30(26-22-35(32(39)42-33(2,3)4)28-19-13-12-18-25(26)28)36(24-16-10-7-11-17-24)31(38)34(27,40)23-14-8-6-9-15-23/h6-22,27,30,40H,5H2,1-4H3/b21-20+/t27-,30-,34+/m1/s1. The van der Waals surface area contributed by atoms with Crippen molar-refractivity contribution in [1.29, 1.82) is 0 Å². The summed E-state index contributed by atoms with van der Waals surface area (Å²) in [5.74, 6) is -2.10. The molecule has 1 saturated heterocycles. The highest BCUT2D eigenvalue weighted by molar-refractivity contribution is 6.05. The van der Waals surface area contributed by atoms with E-state index in [0.717, 1.165) is 0 Å². The molecule has 1 amide bonds. The van der Waals surface area contributed by atoms with Gasteiger partial charge in [-0.15, -0.1) is 0 Å². The number of amides is 1. The van der Waals surface area contributed by atoms with Crippen molar-refractivity contribution in [3.05, 3.63) is 114 Å². The number of benzene rings is 3. The van der Waals surface area contributed by atoms with Gasteiger partial charge in [-0.25, -0.2) is 9.59 Å². The lowest BCUT2D eigenvalue weighted by Gasteiger charge is -2.28. The third-order valence-corrected chi connectivity index (χ3v) is 7.27. The normalized spacial score (nSPS) is 20.8. The molecule has 4 aromatic rings. The summed E-state index contributed by atoms with van der Waals surface area (Å²) in [5.41, 5.74) is -0.638. The van der Waals surface area contributed by atoms with Crippen LogP contribution in [0.4, 0.5) is 10.5 Å². The van der Waals surface area contributed by atoms with E-state index >= 15 is 0 Å². The second kappa shape index (κ2) is 11.3. The first-order chi connectivity index (χ1) is 20.1. The minimum Gasteiger partial charge on any atom is -0.463 e. The van der Waals surface area contributed by atoms with Gasteiger partial charge in [0, 0.05) is 34.8 Å². The smallest absolute Gasteiger partial charge is 0.419 e. The Labute approximate surface area is 244 Å². The summed E-state index contributed by atoms with van der Waals surface area (Å²) in [6, 6.07) is 24.3. The summed E-state index contributed by atoms with van der Waals surface area (Å²) in [7, 11) is 0. The van der Waals surface area contributed by atoms with E-state index in [0.29, 0.717) is 27.7 Å². The zero-order valence-electron chi connectivity index (χ0n) is 24.1.